The SMILES string of the molecule is CSc1ccc(NC(=O)c2c[nH]c(=O)n(Cc3ccccc3Cl)c2=O)cc1. The molecule has 0 spiro atoms. The molecule has 8 heteroatoms. The summed E-state index contributed by atoms with van der Waals surface area (Å²) in [5, 5.41) is 3.10. The van der Waals surface area contributed by atoms with Crippen molar-refractivity contribution in [1.29, 1.82) is 0 Å². The summed E-state index contributed by atoms with van der Waals surface area (Å²) in [5.74, 6) is -0.596. The number of hydrogen-bond acceptors (Lipinski definition) is 4. The standard InChI is InChI=1S/C19H16ClN3O3S/c1-27-14-8-6-13(7-9-14)22-17(24)15-10-21-19(26)23(18(15)25)11-12-4-2-3-5-16(12)20/h2-10H,11H2,1H3,(H,21,26)(H,22,24). The van der Waals surface area contributed by atoms with Crippen molar-refractivity contribution in [2.24, 2.45) is 0 Å². The highest BCUT2D eigenvalue weighted by molar-refractivity contribution is 7.98. The monoisotopic (exact) mass is 401 g/mol. The van der Waals surface area contributed by atoms with Gasteiger partial charge in [0.2, 0.25) is 0 Å². The van der Waals surface area contributed by atoms with Gasteiger partial charge in [-0.3, -0.25) is 14.2 Å². The zero-order valence-electron chi connectivity index (χ0n) is 14.4. The number of carbonyl (C=O) groups is 1. The largest absolute Gasteiger partial charge is 0.328 e. The predicted octanol–water partition coefficient (Wildman–Crippen LogP) is 3.21. The molecule has 2 N–H and O–H groups in total. The lowest BCUT2D eigenvalue weighted by Crippen LogP contribution is -2.39. The molecule has 0 fully saturated rings. The van der Waals surface area contributed by atoms with Crippen LogP contribution in [0.25, 0.3) is 0 Å². The van der Waals surface area contributed by atoms with Crippen molar-refractivity contribution in [3.63, 3.8) is 0 Å². The van der Waals surface area contributed by atoms with Gasteiger partial charge >= 0.3 is 5.69 Å². The number of aromatic amines is 1. The number of anilines is 1. The van der Waals surface area contributed by atoms with Crippen molar-refractivity contribution in [2.45, 2.75) is 11.4 Å². The Morgan fingerprint density at radius 3 is 2.52 bits per heavy atom. The summed E-state index contributed by atoms with van der Waals surface area (Å²) in [6.07, 6.45) is 3.08. The number of halogens is 1. The van der Waals surface area contributed by atoms with Crippen LogP contribution in [0.1, 0.15) is 15.9 Å². The van der Waals surface area contributed by atoms with Crippen LogP contribution in [0, 0.1) is 0 Å². The van der Waals surface area contributed by atoms with Gasteiger partial charge in [0.1, 0.15) is 5.56 Å². The number of aromatic nitrogens is 2. The number of nitrogens with zero attached hydrogens (tertiary/aromatic N) is 1. The molecule has 3 rings (SSSR count). The summed E-state index contributed by atoms with van der Waals surface area (Å²) in [7, 11) is 0. The summed E-state index contributed by atoms with van der Waals surface area (Å²) in [6.45, 7) is -0.0304. The van der Waals surface area contributed by atoms with Gasteiger partial charge in [-0.25, -0.2) is 4.79 Å². The minimum atomic E-state index is -0.683. The Hall–Kier alpha value is -2.77. The molecule has 6 nitrogen and oxygen atoms in total. The van der Waals surface area contributed by atoms with Crippen molar-refractivity contribution in [2.75, 3.05) is 11.6 Å². The van der Waals surface area contributed by atoms with E-state index in [9.17, 15) is 14.4 Å². The van der Waals surface area contributed by atoms with E-state index in [4.69, 9.17) is 11.6 Å². The molecule has 0 atom stereocenters. The molecular weight excluding hydrogens is 386 g/mol. The van der Waals surface area contributed by atoms with Crippen molar-refractivity contribution >= 4 is 35.0 Å². The normalized spacial score (nSPS) is 10.6. The Labute approximate surface area is 164 Å². The first-order valence-corrected chi connectivity index (χ1v) is 9.61. The van der Waals surface area contributed by atoms with Gasteiger partial charge in [0, 0.05) is 21.8 Å². The van der Waals surface area contributed by atoms with Crippen molar-refractivity contribution in [3.05, 3.63) is 91.7 Å². The molecule has 2 aromatic carbocycles. The summed E-state index contributed by atoms with van der Waals surface area (Å²) in [4.78, 5) is 40.7. The quantitative estimate of drug-likeness (QED) is 0.643. The second-order valence-electron chi connectivity index (χ2n) is 5.67. The lowest BCUT2D eigenvalue weighted by atomic mass is 10.2. The van der Waals surface area contributed by atoms with E-state index in [2.05, 4.69) is 10.3 Å². The van der Waals surface area contributed by atoms with Crippen LogP contribution in [0.4, 0.5) is 5.69 Å². The van der Waals surface area contributed by atoms with Crippen LogP contribution in [-0.4, -0.2) is 21.7 Å². The summed E-state index contributed by atoms with van der Waals surface area (Å²) in [6, 6.07) is 14.1. The average molecular weight is 402 g/mol. The van der Waals surface area contributed by atoms with E-state index >= 15 is 0 Å². The van der Waals surface area contributed by atoms with Crippen molar-refractivity contribution in [1.82, 2.24) is 9.55 Å². The Kier molecular flexibility index (Phi) is 5.83. The topological polar surface area (TPSA) is 84.0 Å². The predicted molar refractivity (Wildman–Crippen MR) is 108 cm³/mol. The number of carbonyl (C=O) groups excluding carboxylic acids is 1. The van der Waals surface area contributed by atoms with E-state index in [1.54, 1.807) is 48.2 Å². The van der Waals surface area contributed by atoms with E-state index in [1.807, 2.05) is 18.4 Å². The van der Waals surface area contributed by atoms with E-state index in [0.717, 1.165) is 15.7 Å². The van der Waals surface area contributed by atoms with E-state index in [-0.39, 0.29) is 12.1 Å². The van der Waals surface area contributed by atoms with E-state index < -0.39 is 17.2 Å². The molecule has 1 heterocycles. The zero-order valence-corrected chi connectivity index (χ0v) is 15.9. The molecule has 1 aromatic heterocycles. The van der Waals surface area contributed by atoms with Crippen molar-refractivity contribution in [3.8, 4) is 0 Å². The summed E-state index contributed by atoms with van der Waals surface area (Å²) in [5.41, 5.74) is -0.286. The Balaban J connectivity index is 1.90. The van der Waals surface area contributed by atoms with Crippen LogP contribution in [0.2, 0.25) is 5.02 Å². The van der Waals surface area contributed by atoms with Gasteiger partial charge in [-0.2, -0.15) is 0 Å². The Morgan fingerprint density at radius 2 is 1.85 bits per heavy atom. The minimum Gasteiger partial charge on any atom is -0.322 e. The highest BCUT2D eigenvalue weighted by Gasteiger charge is 2.16. The fourth-order valence-corrected chi connectivity index (χ4v) is 3.09. The van der Waals surface area contributed by atoms with Gasteiger partial charge in [-0.05, 0) is 42.2 Å². The fraction of sp³-hybridized carbons (Fsp3) is 0.105. The first-order valence-electron chi connectivity index (χ1n) is 8.01. The Bertz CT molecular complexity index is 1090. The smallest absolute Gasteiger partial charge is 0.322 e. The van der Waals surface area contributed by atoms with Crippen LogP contribution in [-0.2, 0) is 6.54 Å². The van der Waals surface area contributed by atoms with Crippen LogP contribution < -0.4 is 16.6 Å². The molecule has 0 saturated heterocycles. The molecular formula is C19H16ClN3O3S. The molecule has 27 heavy (non-hydrogen) atoms. The van der Waals surface area contributed by atoms with Crippen LogP contribution in [0.15, 0.2) is 69.2 Å². The third-order valence-corrected chi connectivity index (χ3v) is 5.05. The Morgan fingerprint density at radius 1 is 1.15 bits per heavy atom. The van der Waals surface area contributed by atoms with E-state index in [0.29, 0.717) is 16.3 Å². The molecule has 138 valence electrons. The molecule has 3 aromatic rings. The average Bonchev–Trinajstić information content (AvgIpc) is 2.67. The second-order valence-corrected chi connectivity index (χ2v) is 6.96. The molecule has 0 aliphatic carbocycles. The molecule has 0 bridgehead atoms. The number of thioether (sulfide) groups is 1. The number of benzene rings is 2. The third-order valence-electron chi connectivity index (χ3n) is 3.94. The van der Waals surface area contributed by atoms with Gasteiger partial charge in [0.05, 0.1) is 6.54 Å². The zero-order chi connectivity index (χ0) is 19.4. The van der Waals surface area contributed by atoms with Gasteiger partial charge in [0.15, 0.2) is 0 Å². The van der Waals surface area contributed by atoms with E-state index in [1.165, 1.54) is 0 Å². The maximum Gasteiger partial charge on any atom is 0.328 e. The molecule has 0 aliphatic heterocycles. The fourth-order valence-electron chi connectivity index (χ4n) is 2.49. The molecule has 0 unspecified atom stereocenters. The minimum absolute atomic E-state index is 0.0304. The first-order chi connectivity index (χ1) is 13.0. The van der Waals surface area contributed by atoms with Crippen LogP contribution in [0.3, 0.4) is 0 Å². The summed E-state index contributed by atoms with van der Waals surface area (Å²) >= 11 is 7.69. The number of nitrogens with one attached hydrogen (secondary N) is 2. The number of H-pyrrole nitrogens is 1. The van der Waals surface area contributed by atoms with Crippen LogP contribution >= 0.6 is 23.4 Å². The second kappa shape index (κ2) is 8.28. The molecule has 0 aliphatic rings. The lowest BCUT2D eigenvalue weighted by molar-refractivity contribution is 0.102. The van der Waals surface area contributed by atoms with Gasteiger partial charge < -0.3 is 10.3 Å². The molecule has 1 amide bonds. The number of hydrogen-bond donors (Lipinski definition) is 2. The van der Waals surface area contributed by atoms with Crippen LogP contribution in [0.5, 0.6) is 0 Å². The molecule has 0 saturated carbocycles. The van der Waals surface area contributed by atoms with Crippen molar-refractivity contribution < 1.29 is 4.79 Å². The number of rotatable bonds is 5. The maximum absolute atomic E-state index is 12.7. The number of amides is 1. The van der Waals surface area contributed by atoms with Gasteiger partial charge in [0.25, 0.3) is 11.5 Å². The lowest BCUT2D eigenvalue weighted by Gasteiger charge is -2.09. The van der Waals surface area contributed by atoms with Gasteiger partial charge in [-0.1, -0.05) is 29.8 Å². The first kappa shape index (κ1) is 19.0. The molecule has 0 radical (unpaired) electrons. The summed E-state index contributed by atoms with van der Waals surface area (Å²) < 4.78 is 0.951. The van der Waals surface area contributed by atoms with Gasteiger partial charge in [-0.15, -0.1) is 11.8 Å². The highest BCUT2D eigenvalue weighted by Crippen LogP contribution is 2.18. The maximum atomic E-state index is 12.7. The highest BCUT2D eigenvalue weighted by atomic mass is 35.5. The third kappa shape index (κ3) is 4.32.